The van der Waals surface area contributed by atoms with Crippen molar-refractivity contribution in [1.29, 1.82) is 0 Å². The van der Waals surface area contributed by atoms with Crippen molar-refractivity contribution in [3.63, 3.8) is 0 Å². The molecule has 0 bridgehead atoms. The van der Waals surface area contributed by atoms with E-state index in [2.05, 4.69) is 0 Å². The molecule has 0 spiro atoms. The predicted octanol–water partition coefficient (Wildman–Crippen LogP) is 0.645. The summed E-state index contributed by atoms with van der Waals surface area (Å²) in [7, 11) is -7.86. The van der Waals surface area contributed by atoms with E-state index in [1.54, 1.807) is 6.92 Å². The molecule has 0 aromatic heterocycles. The van der Waals surface area contributed by atoms with Gasteiger partial charge in [0.2, 0.25) is 0 Å². The van der Waals surface area contributed by atoms with Crippen LogP contribution < -0.4 is 0 Å². The molecule has 0 radical (unpaired) electrons. The first-order valence-corrected chi connectivity index (χ1v) is 7.24. The van der Waals surface area contributed by atoms with Crippen molar-refractivity contribution < 1.29 is 21.4 Å². The minimum atomic E-state index is -4.37. The Morgan fingerprint density at radius 3 is 2.07 bits per heavy atom. The summed E-state index contributed by atoms with van der Waals surface area (Å²) < 4.78 is 52.8. The summed E-state index contributed by atoms with van der Waals surface area (Å²) in [4.78, 5) is -0.522. The van der Waals surface area contributed by atoms with Gasteiger partial charge in [-0.15, -0.1) is 0 Å². The largest absolute Gasteiger partial charge is 0.294 e. The minimum Gasteiger partial charge on any atom is -0.282 e. The number of hydrogen-bond acceptors (Lipinski definition) is 4. The Kier molecular flexibility index (Phi) is 2.90. The fraction of sp³-hybridized carbons (Fsp3) is 0.250. The normalized spacial score (nSPS) is 12.7. The first kappa shape index (κ1) is 12.2. The molecule has 1 aromatic rings. The molecule has 1 N–H and O–H groups in total. The fourth-order valence-electron chi connectivity index (χ4n) is 1.14. The van der Waals surface area contributed by atoms with Crippen molar-refractivity contribution in [3.8, 4) is 0 Å². The van der Waals surface area contributed by atoms with E-state index >= 15 is 0 Å². The maximum atomic E-state index is 11.3. The van der Waals surface area contributed by atoms with Gasteiger partial charge in [-0.1, -0.05) is 6.07 Å². The van der Waals surface area contributed by atoms with Gasteiger partial charge in [0.1, 0.15) is 0 Å². The van der Waals surface area contributed by atoms with E-state index in [-0.39, 0.29) is 4.90 Å². The summed E-state index contributed by atoms with van der Waals surface area (Å²) >= 11 is 0. The zero-order valence-corrected chi connectivity index (χ0v) is 9.76. The third-order valence-corrected chi connectivity index (χ3v) is 3.95. The van der Waals surface area contributed by atoms with Gasteiger partial charge in [-0.3, -0.25) is 4.55 Å². The highest BCUT2D eigenvalue weighted by molar-refractivity contribution is 7.90. The molecule has 0 atom stereocenters. The quantitative estimate of drug-likeness (QED) is 0.778. The molecule has 1 rings (SSSR count). The zero-order chi connectivity index (χ0) is 11.9. The van der Waals surface area contributed by atoms with Crippen LogP contribution in [0.1, 0.15) is 5.56 Å². The molecule has 5 nitrogen and oxygen atoms in total. The van der Waals surface area contributed by atoms with E-state index in [0.29, 0.717) is 5.56 Å². The molecule has 84 valence electrons. The summed E-state index contributed by atoms with van der Waals surface area (Å²) in [6.45, 7) is 1.55. The lowest BCUT2D eigenvalue weighted by Crippen LogP contribution is -2.04. The predicted molar refractivity (Wildman–Crippen MR) is 54.1 cm³/mol. The Hall–Kier alpha value is -0.920. The van der Waals surface area contributed by atoms with Crippen LogP contribution in [-0.2, 0) is 20.0 Å². The molecule has 0 fully saturated rings. The van der Waals surface area contributed by atoms with Crippen LogP contribution in [0.15, 0.2) is 28.0 Å². The first-order chi connectivity index (χ1) is 6.62. The number of aryl methyl sites for hydroxylation is 1. The topological polar surface area (TPSA) is 88.5 Å². The second kappa shape index (κ2) is 3.58. The molecule has 0 saturated heterocycles. The van der Waals surface area contributed by atoms with Gasteiger partial charge < -0.3 is 0 Å². The molecule has 7 heteroatoms. The third kappa shape index (κ3) is 2.77. The van der Waals surface area contributed by atoms with Crippen molar-refractivity contribution in [2.75, 3.05) is 6.26 Å². The van der Waals surface area contributed by atoms with E-state index in [0.717, 1.165) is 18.4 Å². The summed E-state index contributed by atoms with van der Waals surface area (Å²) in [5.74, 6) is 0. The van der Waals surface area contributed by atoms with Crippen molar-refractivity contribution in [2.45, 2.75) is 16.7 Å². The molecule has 0 saturated carbocycles. The molecule has 1 aromatic carbocycles. The lowest BCUT2D eigenvalue weighted by molar-refractivity contribution is 0.483. The Bertz CT molecular complexity index is 583. The average Bonchev–Trinajstić information content (AvgIpc) is 2.00. The first-order valence-electron chi connectivity index (χ1n) is 3.90. The Morgan fingerprint density at radius 1 is 1.13 bits per heavy atom. The highest BCUT2D eigenvalue weighted by atomic mass is 32.2. The van der Waals surface area contributed by atoms with Gasteiger partial charge >= 0.3 is 0 Å². The summed E-state index contributed by atoms with van der Waals surface area (Å²) in [5, 5.41) is 0. The Morgan fingerprint density at radius 2 is 1.67 bits per heavy atom. The standard InChI is InChI=1S/C8H10O5S2/c1-6-3-4-7(15(11,12)13)5-8(6)14(2,9)10/h3-5H,1-2H3,(H,11,12,13). The average molecular weight is 250 g/mol. The number of rotatable bonds is 2. The molecule has 0 unspecified atom stereocenters. The third-order valence-electron chi connectivity index (χ3n) is 1.86. The van der Waals surface area contributed by atoms with E-state index in [1.165, 1.54) is 6.07 Å². The van der Waals surface area contributed by atoms with Crippen LogP contribution >= 0.6 is 0 Å². The fourth-order valence-corrected chi connectivity index (χ4v) is 2.72. The second-order valence-electron chi connectivity index (χ2n) is 3.17. The zero-order valence-electron chi connectivity index (χ0n) is 8.13. The Balaban J connectivity index is 3.57. The number of hydrogen-bond donors (Lipinski definition) is 1. The van der Waals surface area contributed by atoms with E-state index in [1.807, 2.05) is 0 Å². The summed E-state index contributed by atoms with van der Waals surface area (Å²) in [5.41, 5.74) is 0.435. The van der Waals surface area contributed by atoms with Crippen LogP contribution in [-0.4, -0.2) is 27.6 Å². The van der Waals surface area contributed by atoms with Gasteiger partial charge in [-0.05, 0) is 24.6 Å². The van der Waals surface area contributed by atoms with Crippen molar-refractivity contribution in [1.82, 2.24) is 0 Å². The van der Waals surface area contributed by atoms with Crippen LogP contribution in [0, 0.1) is 6.92 Å². The molecule has 15 heavy (non-hydrogen) atoms. The molecule has 0 aliphatic heterocycles. The molecule has 0 heterocycles. The summed E-state index contributed by atoms with van der Waals surface area (Å²) in [6.07, 6.45) is 0.975. The van der Waals surface area contributed by atoms with Crippen molar-refractivity contribution in [2.24, 2.45) is 0 Å². The van der Waals surface area contributed by atoms with Crippen LogP contribution in [0.5, 0.6) is 0 Å². The monoisotopic (exact) mass is 250 g/mol. The van der Waals surface area contributed by atoms with Gasteiger partial charge in [-0.25, -0.2) is 8.42 Å². The summed E-state index contributed by atoms with van der Waals surface area (Å²) in [6, 6.07) is 3.43. The highest BCUT2D eigenvalue weighted by Gasteiger charge is 2.16. The van der Waals surface area contributed by atoms with E-state index < -0.39 is 24.9 Å². The molecular weight excluding hydrogens is 240 g/mol. The van der Waals surface area contributed by atoms with Crippen LogP contribution in [0.2, 0.25) is 0 Å². The van der Waals surface area contributed by atoms with Crippen LogP contribution in [0.4, 0.5) is 0 Å². The lowest BCUT2D eigenvalue weighted by atomic mass is 10.2. The molecular formula is C8H10O5S2. The van der Waals surface area contributed by atoms with Gasteiger partial charge in [0.25, 0.3) is 10.1 Å². The van der Waals surface area contributed by atoms with Crippen LogP contribution in [0.3, 0.4) is 0 Å². The van der Waals surface area contributed by atoms with Gasteiger partial charge in [0.05, 0.1) is 9.79 Å². The molecule has 0 aliphatic rings. The van der Waals surface area contributed by atoms with E-state index in [4.69, 9.17) is 4.55 Å². The van der Waals surface area contributed by atoms with E-state index in [9.17, 15) is 16.8 Å². The maximum Gasteiger partial charge on any atom is 0.294 e. The van der Waals surface area contributed by atoms with Gasteiger partial charge in [0, 0.05) is 6.26 Å². The number of benzene rings is 1. The minimum absolute atomic E-state index is 0.0994. The maximum absolute atomic E-state index is 11.3. The second-order valence-corrected chi connectivity index (χ2v) is 6.58. The van der Waals surface area contributed by atoms with Gasteiger partial charge in [0.15, 0.2) is 9.84 Å². The lowest BCUT2D eigenvalue weighted by Gasteiger charge is -2.04. The van der Waals surface area contributed by atoms with Crippen molar-refractivity contribution >= 4 is 20.0 Å². The van der Waals surface area contributed by atoms with Crippen LogP contribution in [0.25, 0.3) is 0 Å². The highest BCUT2D eigenvalue weighted by Crippen LogP contribution is 2.19. The number of sulfone groups is 1. The SMILES string of the molecule is Cc1ccc(S(=O)(=O)O)cc1S(C)(=O)=O. The molecule has 0 aliphatic carbocycles. The smallest absolute Gasteiger partial charge is 0.282 e. The molecule has 0 amide bonds. The Labute approximate surface area is 88.4 Å². The van der Waals surface area contributed by atoms with Gasteiger partial charge in [-0.2, -0.15) is 8.42 Å². The van der Waals surface area contributed by atoms with Crippen molar-refractivity contribution in [3.05, 3.63) is 23.8 Å².